The molecule has 0 heterocycles. The van der Waals surface area contributed by atoms with Crippen LogP contribution in [0.25, 0.3) is 0 Å². The summed E-state index contributed by atoms with van der Waals surface area (Å²) in [5.41, 5.74) is 1.30. The lowest BCUT2D eigenvalue weighted by atomic mass is 9.75. The maximum atomic E-state index is 12.5. The van der Waals surface area contributed by atoms with Crippen LogP contribution in [0.15, 0.2) is 29.2 Å². The molecule has 21 heavy (non-hydrogen) atoms. The van der Waals surface area contributed by atoms with E-state index >= 15 is 0 Å². The minimum Gasteiger partial charge on any atom is -0.316 e. The van der Waals surface area contributed by atoms with Crippen molar-refractivity contribution in [1.82, 2.24) is 10.0 Å². The number of nitrogens with one attached hydrogen (secondary N) is 2. The van der Waals surface area contributed by atoms with Crippen molar-refractivity contribution in [2.45, 2.75) is 57.0 Å². The number of rotatable bonds is 5. The van der Waals surface area contributed by atoms with Gasteiger partial charge in [0.05, 0.1) is 4.90 Å². The Morgan fingerprint density at radius 2 is 1.90 bits per heavy atom. The van der Waals surface area contributed by atoms with Crippen LogP contribution in [0.3, 0.4) is 0 Å². The van der Waals surface area contributed by atoms with Crippen LogP contribution in [0, 0.1) is 5.41 Å². The van der Waals surface area contributed by atoms with E-state index in [-0.39, 0.29) is 11.5 Å². The molecule has 0 bridgehead atoms. The van der Waals surface area contributed by atoms with Crippen molar-refractivity contribution in [2.75, 3.05) is 7.05 Å². The van der Waals surface area contributed by atoms with E-state index in [1.807, 2.05) is 19.2 Å². The molecule has 1 aliphatic rings. The Kier molecular flexibility index (Phi) is 5.07. The summed E-state index contributed by atoms with van der Waals surface area (Å²) < 4.78 is 27.8. The van der Waals surface area contributed by atoms with Gasteiger partial charge in [-0.25, -0.2) is 13.1 Å². The van der Waals surface area contributed by atoms with Crippen LogP contribution >= 0.6 is 0 Å². The lowest BCUT2D eigenvalue weighted by Gasteiger charge is -2.35. The van der Waals surface area contributed by atoms with Crippen molar-refractivity contribution in [3.8, 4) is 0 Å². The summed E-state index contributed by atoms with van der Waals surface area (Å²) in [4.78, 5) is 0.353. The van der Waals surface area contributed by atoms with Crippen molar-refractivity contribution in [3.05, 3.63) is 29.8 Å². The van der Waals surface area contributed by atoms with E-state index in [1.165, 1.54) is 6.42 Å². The van der Waals surface area contributed by atoms with E-state index in [0.29, 0.717) is 4.90 Å². The van der Waals surface area contributed by atoms with Crippen LogP contribution in [0.1, 0.15) is 45.1 Å². The molecule has 1 aliphatic carbocycles. The molecule has 4 nitrogen and oxygen atoms in total. The molecule has 2 N–H and O–H groups in total. The van der Waals surface area contributed by atoms with Crippen LogP contribution in [0.5, 0.6) is 0 Å². The highest BCUT2D eigenvalue weighted by atomic mass is 32.2. The molecule has 118 valence electrons. The molecule has 1 unspecified atom stereocenters. The first kappa shape index (κ1) is 16.5. The van der Waals surface area contributed by atoms with Gasteiger partial charge in [-0.05, 0) is 49.4 Å². The standard InChI is InChI=1S/C16H26N2O2S/c1-16(2)10-4-5-14(11-16)18-21(19,20)15-8-6-13(7-9-15)12-17-3/h6-9,14,17-18H,4-5,10-12H2,1-3H3. The normalized spacial score (nSPS) is 22.1. The third-order valence-corrected chi connectivity index (χ3v) is 5.68. The second-order valence-corrected chi connectivity index (χ2v) is 8.47. The molecule has 0 amide bonds. The van der Waals surface area contributed by atoms with E-state index in [2.05, 4.69) is 23.9 Å². The van der Waals surface area contributed by atoms with Gasteiger partial charge in [-0.1, -0.05) is 32.4 Å². The molecule has 5 heteroatoms. The van der Waals surface area contributed by atoms with Gasteiger partial charge in [-0.2, -0.15) is 0 Å². The van der Waals surface area contributed by atoms with Gasteiger partial charge in [0.2, 0.25) is 10.0 Å². The molecule has 0 saturated heterocycles. The first-order valence-electron chi connectivity index (χ1n) is 7.58. The van der Waals surface area contributed by atoms with Crippen LogP contribution in [0.4, 0.5) is 0 Å². The lowest BCUT2D eigenvalue weighted by Crippen LogP contribution is -2.40. The van der Waals surface area contributed by atoms with Crippen molar-refractivity contribution in [1.29, 1.82) is 0 Å². The zero-order valence-corrected chi connectivity index (χ0v) is 14.0. The lowest BCUT2D eigenvalue weighted by molar-refractivity contribution is 0.212. The molecule has 1 fully saturated rings. The fourth-order valence-electron chi connectivity index (χ4n) is 3.08. The predicted molar refractivity (Wildman–Crippen MR) is 85.6 cm³/mol. The summed E-state index contributed by atoms with van der Waals surface area (Å²) in [7, 11) is -1.54. The van der Waals surface area contributed by atoms with Crippen molar-refractivity contribution in [3.63, 3.8) is 0 Å². The highest BCUT2D eigenvalue weighted by molar-refractivity contribution is 7.89. The topological polar surface area (TPSA) is 58.2 Å². The first-order chi connectivity index (χ1) is 9.82. The fourth-order valence-corrected chi connectivity index (χ4v) is 4.35. The maximum Gasteiger partial charge on any atom is 0.240 e. The number of hydrogen-bond donors (Lipinski definition) is 2. The summed E-state index contributed by atoms with van der Waals surface area (Å²) in [5, 5.41) is 3.05. The molecular formula is C16H26N2O2S. The average molecular weight is 310 g/mol. The average Bonchev–Trinajstić information content (AvgIpc) is 2.38. The van der Waals surface area contributed by atoms with E-state index in [9.17, 15) is 8.42 Å². The Bertz CT molecular complexity index is 564. The molecular weight excluding hydrogens is 284 g/mol. The molecule has 2 rings (SSSR count). The zero-order valence-electron chi connectivity index (χ0n) is 13.1. The Morgan fingerprint density at radius 1 is 1.24 bits per heavy atom. The van der Waals surface area contributed by atoms with Crippen LogP contribution in [0.2, 0.25) is 0 Å². The second kappa shape index (κ2) is 6.46. The summed E-state index contributed by atoms with van der Waals surface area (Å²) in [6.45, 7) is 5.16. The summed E-state index contributed by atoms with van der Waals surface area (Å²) >= 11 is 0. The Morgan fingerprint density at radius 3 is 2.48 bits per heavy atom. The molecule has 1 saturated carbocycles. The molecule has 0 aromatic heterocycles. The van der Waals surface area contributed by atoms with E-state index in [1.54, 1.807) is 12.1 Å². The molecule has 1 aromatic carbocycles. The minimum atomic E-state index is -3.41. The molecule has 0 spiro atoms. The summed E-state index contributed by atoms with van der Waals surface area (Å²) in [6, 6.07) is 7.13. The highest BCUT2D eigenvalue weighted by Gasteiger charge is 2.30. The molecule has 1 atom stereocenters. The summed E-state index contributed by atoms with van der Waals surface area (Å²) in [5.74, 6) is 0. The van der Waals surface area contributed by atoms with Gasteiger partial charge in [-0.15, -0.1) is 0 Å². The quantitative estimate of drug-likeness (QED) is 0.879. The Balaban J connectivity index is 2.07. The third kappa shape index (κ3) is 4.53. The monoisotopic (exact) mass is 310 g/mol. The van der Waals surface area contributed by atoms with Crippen LogP contribution in [-0.4, -0.2) is 21.5 Å². The van der Waals surface area contributed by atoms with Crippen LogP contribution < -0.4 is 10.0 Å². The highest BCUT2D eigenvalue weighted by Crippen LogP contribution is 2.35. The van der Waals surface area contributed by atoms with E-state index in [0.717, 1.165) is 31.4 Å². The Labute approximate surface area is 128 Å². The third-order valence-electron chi connectivity index (χ3n) is 4.14. The van der Waals surface area contributed by atoms with Crippen molar-refractivity contribution in [2.24, 2.45) is 5.41 Å². The minimum absolute atomic E-state index is 0.0516. The fraction of sp³-hybridized carbons (Fsp3) is 0.625. The van der Waals surface area contributed by atoms with Gasteiger partial charge in [0.1, 0.15) is 0 Å². The Hall–Kier alpha value is -0.910. The molecule has 1 aromatic rings. The smallest absolute Gasteiger partial charge is 0.240 e. The SMILES string of the molecule is CNCc1ccc(S(=O)(=O)NC2CCCC(C)(C)C2)cc1. The van der Waals surface area contributed by atoms with Crippen LogP contribution in [-0.2, 0) is 16.6 Å². The van der Waals surface area contributed by atoms with Gasteiger partial charge in [0.15, 0.2) is 0 Å². The number of benzene rings is 1. The first-order valence-corrected chi connectivity index (χ1v) is 9.07. The van der Waals surface area contributed by atoms with Gasteiger partial charge < -0.3 is 5.32 Å². The number of hydrogen-bond acceptors (Lipinski definition) is 3. The number of sulfonamides is 1. The molecule has 0 radical (unpaired) electrons. The zero-order chi connectivity index (χ0) is 15.5. The largest absolute Gasteiger partial charge is 0.316 e. The van der Waals surface area contributed by atoms with Gasteiger partial charge in [-0.3, -0.25) is 0 Å². The van der Waals surface area contributed by atoms with Crippen molar-refractivity contribution >= 4 is 10.0 Å². The maximum absolute atomic E-state index is 12.5. The van der Waals surface area contributed by atoms with E-state index in [4.69, 9.17) is 0 Å². The predicted octanol–water partition coefficient (Wildman–Crippen LogP) is 2.65. The second-order valence-electron chi connectivity index (χ2n) is 6.75. The van der Waals surface area contributed by atoms with E-state index < -0.39 is 10.0 Å². The van der Waals surface area contributed by atoms with Gasteiger partial charge in [0, 0.05) is 12.6 Å². The van der Waals surface area contributed by atoms with Gasteiger partial charge >= 0.3 is 0 Å². The van der Waals surface area contributed by atoms with Crippen molar-refractivity contribution < 1.29 is 8.42 Å². The molecule has 0 aliphatic heterocycles. The summed E-state index contributed by atoms with van der Waals surface area (Å²) in [6.07, 6.45) is 4.09. The van der Waals surface area contributed by atoms with Gasteiger partial charge in [0.25, 0.3) is 0 Å².